The molecule has 0 aliphatic heterocycles. The van der Waals surface area contributed by atoms with Crippen molar-refractivity contribution in [2.45, 2.75) is 10.6 Å². The van der Waals surface area contributed by atoms with E-state index < -0.39 is 5.91 Å². The molecule has 1 amide bonds. The monoisotopic (exact) mass is 470 g/mol. The smallest absolute Gasteiger partial charge is 0.293 e. The van der Waals surface area contributed by atoms with Gasteiger partial charge in [-0.05, 0) is 46.7 Å². The summed E-state index contributed by atoms with van der Waals surface area (Å²) in [6.07, 6.45) is 1.32. The topological polar surface area (TPSA) is 157 Å². The van der Waals surface area contributed by atoms with E-state index in [0.717, 1.165) is 4.90 Å². The third-order valence-corrected chi connectivity index (χ3v) is 5.45. The number of benzene rings is 2. The number of nitrogens with zero attached hydrogens (tertiary/aromatic N) is 6. The molecular formula is C19H15ClN8O3S. The first kappa shape index (κ1) is 21.3. The Labute approximate surface area is 190 Å². The van der Waals surface area contributed by atoms with Gasteiger partial charge in [0.1, 0.15) is 5.75 Å². The highest BCUT2D eigenvalue weighted by atomic mass is 35.5. The number of rotatable bonds is 7. The highest BCUT2D eigenvalue weighted by Gasteiger charge is 2.24. The number of aromatic nitrogens is 5. The van der Waals surface area contributed by atoms with Crippen molar-refractivity contribution in [3.8, 4) is 11.6 Å². The molecule has 0 atom stereocenters. The fourth-order valence-corrected chi connectivity index (χ4v) is 3.62. The van der Waals surface area contributed by atoms with Crippen molar-refractivity contribution in [2.24, 2.45) is 5.10 Å². The number of amides is 1. The SMILES string of the molecule is Nc1nonc1-n1nnc(C(=O)N/N=C\c2ccccc2O)c1CSc1ccc(Cl)cc1. The van der Waals surface area contributed by atoms with Crippen molar-refractivity contribution in [1.29, 1.82) is 0 Å². The highest BCUT2D eigenvalue weighted by molar-refractivity contribution is 7.98. The molecule has 0 spiro atoms. The summed E-state index contributed by atoms with van der Waals surface area (Å²) in [5, 5.41) is 29.5. The second-order valence-electron chi connectivity index (χ2n) is 6.27. The van der Waals surface area contributed by atoms with Crippen LogP contribution in [0.25, 0.3) is 5.82 Å². The largest absolute Gasteiger partial charge is 0.507 e. The molecule has 0 aliphatic carbocycles. The number of phenolic OH excluding ortho intramolecular Hbond substituents is 1. The van der Waals surface area contributed by atoms with Gasteiger partial charge in [0.15, 0.2) is 5.69 Å². The number of para-hydroxylation sites is 1. The fraction of sp³-hybridized carbons (Fsp3) is 0.0526. The van der Waals surface area contributed by atoms with E-state index in [-0.39, 0.29) is 23.1 Å². The van der Waals surface area contributed by atoms with Crippen LogP contribution in [0.2, 0.25) is 5.02 Å². The normalized spacial score (nSPS) is 11.2. The molecule has 0 radical (unpaired) electrons. The molecule has 32 heavy (non-hydrogen) atoms. The van der Waals surface area contributed by atoms with Gasteiger partial charge >= 0.3 is 0 Å². The molecule has 0 unspecified atom stereocenters. The van der Waals surface area contributed by atoms with Crippen molar-refractivity contribution >= 4 is 41.3 Å². The number of nitrogens with one attached hydrogen (secondary N) is 1. The van der Waals surface area contributed by atoms with Crippen LogP contribution in [0, 0.1) is 0 Å². The van der Waals surface area contributed by atoms with Crippen LogP contribution < -0.4 is 11.2 Å². The average molecular weight is 471 g/mol. The molecule has 2 aromatic carbocycles. The zero-order valence-corrected chi connectivity index (χ0v) is 17.8. The molecule has 0 fully saturated rings. The van der Waals surface area contributed by atoms with Gasteiger partial charge < -0.3 is 10.8 Å². The lowest BCUT2D eigenvalue weighted by atomic mass is 10.2. The summed E-state index contributed by atoms with van der Waals surface area (Å²) >= 11 is 7.36. The fourth-order valence-electron chi connectivity index (χ4n) is 2.61. The molecule has 11 nitrogen and oxygen atoms in total. The Morgan fingerprint density at radius 2 is 2.03 bits per heavy atom. The molecule has 4 rings (SSSR count). The van der Waals surface area contributed by atoms with Crippen molar-refractivity contribution in [2.75, 3.05) is 5.73 Å². The van der Waals surface area contributed by atoms with Gasteiger partial charge in [-0.15, -0.1) is 16.9 Å². The predicted octanol–water partition coefficient (Wildman–Crippen LogP) is 2.65. The quantitative estimate of drug-likeness (QED) is 0.210. The lowest BCUT2D eigenvalue weighted by Crippen LogP contribution is -2.20. The lowest BCUT2D eigenvalue weighted by Gasteiger charge is -2.06. The van der Waals surface area contributed by atoms with Gasteiger partial charge in [-0.1, -0.05) is 28.9 Å². The Bertz CT molecular complexity index is 1270. The maximum atomic E-state index is 12.7. The summed E-state index contributed by atoms with van der Waals surface area (Å²) in [4.78, 5) is 13.7. The van der Waals surface area contributed by atoms with Gasteiger partial charge in [-0.2, -0.15) is 9.78 Å². The first-order chi connectivity index (χ1) is 15.5. The highest BCUT2D eigenvalue weighted by Crippen LogP contribution is 2.27. The van der Waals surface area contributed by atoms with Crippen LogP contribution in [0.5, 0.6) is 5.75 Å². The van der Waals surface area contributed by atoms with Gasteiger partial charge in [0.25, 0.3) is 5.91 Å². The third-order valence-electron chi connectivity index (χ3n) is 4.17. The summed E-state index contributed by atoms with van der Waals surface area (Å²) in [5.74, 6) is -0.166. The van der Waals surface area contributed by atoms with Crippen LogP contribution in [0.3, 0.4) is 0 Å². The summed E-state index contributed by atoms with van der Waals surface area (Å²) in [7, 11) is 0. The zero-order chi connectivity index (χ0) is 22.5. The van der Waals surface area contributed by atoms with Crippen LogP contribution in [-0.4, -0.2) is 42.5 Å². The summed E-state index contributed by atoms with van der Waals surface area (Å²) < 4.78 is 5.93. The first-order valence-electron chi connectivity index (χ1n) is 9.05. The Morgan fingerprint density at radius 1 is 1.25 bits per heavy atom. The Balaban J connectivity index is 1.58. The van der Waals surface area contributed by atoms with Crippen LogP contribution in [0.1, 0.15) is 21.7 Å². The molecule has 4 N–H and O–H groups in total. The number of phenols is 1. The zero-order valence-electron chi connectivity index (χ0n) is 16.2. The molecule has 13 heteroatoms. The molecule has 4 aromatic rings. The van der Waals surface area contributed by atoms with E-state index in [1.807, 2.05) is 12.1 Å². The molecular weight excluding hydrogens is 456 g/mol. The molecule has 2 heterocycles. The minimum absolute atomic E-state index is 0.00262. The summed E-state index contributed by atoms with van der Waals surface area (Å²) in [6, 6.07) is 13.8. The van der Waals surface area contributed by atoms with Gasteiger partial charge in [-0.25, -0.2) is 10.1 Å². The van der Waals surface area contributed by atoms with Crippen molar-refractivity contribution in [3.05, 3.63) is 70.5 Å². The number of thioether (sulfide) groups is 1. The van der Waals surface area contributed by atoms with Gasteiger partial charge in [0.2, 0.25) is 11.6 Å². The van der Waals surface area contributed by atoms with Crippen molar-refractivity contribution in [1.82, 2.24) is 30.7 Å². The average Bonchev–Trinajstić information content (AvgIpc) is 3.40. The van der Waals surface area contributed by atoms with Crippen LogP contribution in [0.4, 0.5) is 5.82 Å². The van der Waals surface area contributed by atoms with E-state index in [4.69, 9.17) is 17.3 Å². The van der Waals surface area contributed by atoms with Crippen LogP contribution in [0.15, 0.2) is 63.2 Å². The molecule has 162 valence electrons. The minimum atomic E-state index is -0.607. The number of hydrogen-bond acceptors (Lipinski definition) is 10. The predicted molar refractivity (Wildman–Crippen MR) is 118 cm³/mol. The Hall–Kier alpha value is -3.90. The molecule has 2 aromatic heterocycles. The standard InChI is InChI=1S/C19H15ClN8O3S/c20-12-5-7-13(8-6-12)32-10-14-16(23-27-28(14)18-17(21)25-31-26-18)19(30)24-22-9-11-3-1-2-4-15(11)29/h1-9,29H,10H2,(H2,21,25)(H,24,30)/b22-9-. The van der Waals surface area contributed by atoms with E-state index >= 15 is 0 Å². The van der Waals surface area contributed by atoms with Gasteiger partial charge in [-0.3, -0.25) is 4.79 Å². The second-order valence-corrected chi connectivity index (χ2v) is 7.76. The number of hydrogen-bond donors (Lipinski definition) is 3. The van der Waals surface area contributed by atoms with E-state index in [9.17, 15) is 9.90 Å². The minimum Gasteiger partial charge on any atom is -0.507 e. The van der Waals surface area contributed by atoms with Crippen LogP contribution in [-0.2, 0) is 5.75 Å². The van der Waals surface area contributed by atoms with Gasteiger partial charge in [0, 0.05) is 21.2 Å². The molecule has 0 saturated carbocycles. The number of carbonyl (C=O) groups excluding carboxylic acids is 1. The maximum absolute atomic E-state index is 12.7. The van der Waals surface area contributed by atoms with Crippen LogP contribution >= 0.6 is 23.4 Å². The number of halogens is 1. The lowest BCUT2D eigenvalue weighted by molar-refractivity contribution is 0.0949. The molecule has 0 saturated heterocycles. The van der Waals surface area contributed by atoms with E-state index in [2.05, 4.69) is 35.8 Å². The number of hydrazone groups is 1. The summed E-state index contributed by atoms with van der Waals surface area (Å²) in [5.41, 5.74) is 9.03. The molecule has 0 aliphatic rings. The first-order valence-corrected chi connectivity index (χ1v) is 10.4. The number of anilines is 1. The maximum Gasteiger partial charge on any atom is 0.293 e. The second kappa shape index (κ2) is 9.49. The Morgan fingerprint density at radius 3 is 2.75 bits per heavy atom. The number of carbonyl (C=O) groups is 1. The third kappa shape index (κ3) is 4.71. The Kier molecular flexibility index (Phi) is 6.33. The number of nitrogen functional groups attached to an aromatic ring is 1. The van der Waals surface area contributed by atoms with Gasteiger partial charge in [0.05, 0.1) is 11.9 Å². The van der Waals surface area contributed by atoms with E-state index in [0.29, 0.717) is 22.0 Å². The number of aromatic hydroxyl groups is 1. The van der Waals surface area contributed by atoms with E-state index in [1.54, 1.807) is 30.3 Å². The van der Waals surface area contributed by atoms with E-state index in [1.165, 1.54) is 28.7 Å². The number of nitrogens with two attached hydrogens (primary N) is 1. The van der Waals surface area contributed by atoms with Crippen molar-refractivity contribution < 1.29 is 14.5 Å². The molecule has 0 bridgehead atoms. The summed E-state index contributed by atoms with van der Waals surface area (Å²) in [6.45, 7) is 0. The van der Waals surface area contributed by atoms with Crippen molar-refractivity contribution in [3.63, 3.8) is 0 Å².